The summed E-state index contributed by atoms with van der Waals surface area (Å²) in [6.45, 7) is 0. The maximum absolute atomic E-state index is 13.5. The van der Waals surface area contributed by atoms with E-state index in [2.05, 4.69) is 0 Å². The van der Waals surface area contributed by atoms with Crippen LogP contribution in [0.25, 0.3) is 5.52 Å². The minimum absolute atomic E-state index is 0.112. The number of carbonyl (C=O) groups is 3. The van der Waals surface area contributed by atoms with Gasteiger partial charge >= 0.3 is 11.9 Å². The summed E-state index contributed by atoms with van der Waals surface area (Å²) in [7, 11) is 5.18. The summed E-state index contributed by atoms with van der Waals surface area (Å²) < 4.78 is 21.5. The summed E-state index contributed by atoms with van der Waals surface area (Å²) in [6.07, 6.45) is 1.43. The van der Waals surface area contributed by atoms with E-state index < -0.39 is 17.7 Å². The molecule has 9 nitrogen and oxygen atoms in total. The fourth-order valence-electron chi connectivity index (χ4n) is 3.27. The number of hydrogen-bond acceptors (Lipinski definition) is 8. The van der Waals surface area contributed by atoms with Gasteiger partial charge in [0.25, 0.3) is 0 Å². The van der Waals surface area contributed by atoms with Gasteiger partial charge in [0.1, 0.15) is 16.8 Å². The first kappa shape index (κ1) is 21.4. The highest BCUT2D eigenvalue weighted by Crippen LogP contribution is 2.32. The van der Waals surface area contributed by atoms with E-state index in [0.717, 1.165) is 14.2 Å². The van der Waals surface area contributed by atoms with Crippen LogP contribution in [-0.2, 0) is 9.47 Å². The van der Waals surface area contributed by atoms with E-state index in [-0.39, 0.29) is 33.5 Å². The molecule has 0 bridgehead atoms. The third-order valence-corrected chi connectivity index (χ3v) is 4.71. The Labute approximate surface area is 177 Å². The number of carbonyl (C=O) groups excluding carboxylic acids is 3. The standard InChI is InChI=1S/C22H18N2O7/c1-28-15-6-5-13(10-16(15)29-2)20(25)19-18(22(27)31-4)17(21(26)30-3)14-9-12(11-23)7-8-24(14)19/h5-10H,1-4H3. The van der Waals surface area contributed by atoms with Crippen molar-refractivity contribution in [1.82, 2.24) is 4.40 Å². The van der Waals surface area contributed by atoms with Crippen molar-refractivity contribution < 1.29 is 33.3 Å². The summed E-state index contributed by atoms with van der Waals surface area (Å²) in [4.78, 5) is 38.7. The van der Waals surface area contributed by atoms with Crippen molar-refractivity contribution in [2.75, 3.05) is 28.4 Å². The van der Waals surface area contributed by atoms with Gasteiger partial charge in [-0.15, -0.1) is 0 Å². The van der Waals surface area contributed by atoms with Crippen molar-refractivity contribution in [1.29, 1.82) is 5.26 Å². The maximum atomic E-state index is 13.5. The lowest BCUT2D eigenvalue weighted by molar-refractivity contribution is 0.0556. The molecule has 3 rings (SSSR count). The van der Waals surface area contributed by atoms with Gasteiger partial charge in [0.15, 0.2) is 11.5 Å². The molecule has 2 aromatic heterocycles. The molecule has 0 atom stereocenters. The molecule has 0 spiro atoms. The number of aromatic nitrogens is 1. The van der Waals surface area contributed by atoms with E-state index in [1.807, 2.05) is 6.07 Å². The van der Waals surface area contributed by atoms with Crippen LogP contribution in [0.1, 0.15) is 42.3 Å². The first-order chi connectivity index (χ1) is 14.9. The lowest BCUT2D eigenvalue weighted by Gasteiger charge is -2.10. The zero-order valence-electron chi connectivity index (χ0n) is 17.2. The SMILES string of the molecule is COC(=O)c1c(C(=O)OC)c2cc(C#N)ccn2c1C(=O)c1ccc(OC)c(OC)c1. The molecule has 0 unspecified atom stereocenters. The zero-order chi connectivity index (χ0) is 22.7. The molecule has 0 saturated heterocycles. The van der Waals surface area contributed by atoms with Crippen LogP contribution in [0, 0.1) is 11.3 Å². The number of pyridine rings is 1. The summed E-state index contributed by atoms with van der Waals surface area (Å²) >= 11 is 0. The Morgan fingerprint density at radius 1 is 0.871 bits per heavy atom. The second-order valence-corrected chi connectivity index (χ2v) is 6.26. The molecule has 0 aliphatic heterocycles. The smallest absolute Gasteiger partial charge is 0.341 e. The van der Waals surface area contributed by atoms with Crippen molar-refractivity contribution in [2.24, 2.45) is 0 Å². The van der Waals surface area contributed by atoms with Crippen molar-refractivity contribution >= 4 is 23.2 Å². The molecule has 2 heterocycles. The molecule has 1 aromatic carbocycles. The second kappa shape index (κ2) is 8.59. The van der Waals surface area contributed by atoms with Gasteiger partial charge in [0, 0.05) is 11.8 Å². The molecule has 0 radical (unpaired) electrons. The number of rotatable bonds is 6. The van der Waals surface area contributed by atoms with Crippen molar-refractivity contribution in [3.8, 4) is 17.6 Å². The number of nitriles is 1. The summed E-state index contributed by atoms with van der Waals surface area (Å²) in [5.74, 6) is -1.59. The molecule has 31 heavy (non-hydrogen) atoms. The Kier molecular flexibility index (Phi) is 5.93. The van der Waals surface area contributed by atoms with Crippen LogP contribution in [0.2, 0.25) is 0 Å². The molecule has 0 saturated carbocycles. The predicted octanol–water partition coefficient (Wildman–Crippen LogP) is 2.63. The predicted molar refractivity (Wildman–Crippen MR) is 108 cm³/mol. The fourth-order valence-corrected chi connectivity index (χ4v) is 3.27. The van der Waals surface area contributed by atoms with Crippen LogP contribution in [0.15, 0.2) is 36.5 Å². The van der Waals surface area contributed by atoms with Crippen LogP contribution < -0.4 is 9.47 Å². The Morgan fingerprint density at radius 2 is 1.52 bits per heavy atom. The quantitative estimate of drug-likeness (QED) is 0.440. The van der Waals surface area contributed by atoms with E-state index in [9.17, 15) is 19.6 Å². The van der Waals surface area contributed by atoms with E-state index in [4.69, 9.17) is 18.9 Å². The number of esters is 2. The lowest BCUT2D eigenvalue weighted by Crippen LogP contribution is -2.15. The highest BCUT2D eigenvalue weighted by molar-refractivity contribution is 6.20. The van der Waals surface area contributed by atoms with Crippen LogP contribution in [0.5, 0.6) is 11.5 Å². The average Bonchev–Trinajstić information content (AvgIpc) is 3.16. The molecule has 0 aliphatic rings. The number of fused-ring (bicyclic) bond motifs is 1. The monoisotopic (exact) mass is 422 g/mol. The summed E-state index contributed by atoms with van der Waals surface area (Å²) in [5.41, 5.74) is 0.0354. The molecule has 158 valence electrons. The summed E-state index contributed by atoms with van der Waals surface area (Å²) in [5, 5.41) is 9.25. The highest BCUT2D eigenvalue weighted by Gasteiger charge is 2.33. The van der Waals surface area contributed by atoms with Gasteiger partial charge in [-0.1, -0.05) is 0 Å². The Balaban J connectivity index is 2.38. The van der Waals surface area contributed by atoms with Crippen molar-refractivity contribution in [3.05, 3.63) is 64.5 Å². The number of benzene rings is 1. The molecular formula is C22H18N2O7. The Hall–Kier alpha value is -4.32. The minimum atomic E-state index is -0.897. The van der Waals surface area contributed by atoms with Crippen LogP contribution in [0.4, 0.5) is 0 Å². The largest absolute Gasteiger partial charge is 0.493 e. The minimum Gasteiger partial charge on any atom is -0.493 e. The van der Waals surface area contributed by atoms with Gasteiger partial charge in [-0.3, -0.25) is 4.79 Å². The number of nitrogens with zero attached hydrogens (tertiary/aromatic N) is 2. The topological polar surface area (TPSA) is 116 Å². The third-order valence-electron chi connectivity index (χ3n) is 4.71. The van der Waals surface area contributed by atoms with Gasteiger partial charge in [0.05, 0.1) is 45.6 Å². The average molecular weight is 422 g/mol. The number of hydrogen-bond donors (Lipinski definition) is 0. The second-order valence-electron chi connectivity index (χ2n) is 6.26. The maximum Gasteiger partial charge on any atom is 0.341 e. The van der Waals surface area contributed by atoms with Gasteiger partial charge in [0.2, 0.25) is 5.78 Å². The van der Waals surface area contributed by atoms with Gasteiger partial charge in [-0.05, 0) is 30.3 Å². The highest BCUT2D eigenvalue weighted by atomic mass is 16.5. The molecule has 0 N–H and O–H groups in total. The van der Waals surface area contributed by atoms with E-state index in [0.29, 0.717) is 11.5 Å². The van der Waals surface area contributed by atoms with Gasteiger partial charge < -0.3 is 23.3 Å². The lowest BCUT2D eigenvalue weighted by atomic mass is 10.0. The normalized spacial score (nSPS) is 10.3. The molecule has 0 amide bonds. The number of ether oxygens (including phenoxy) is 4. The third kappa shape index (κ3) is 3.55. The molecule has 3 aromatic rings. The van der Waals surface area contributed by atoms with Crippen molar-refractivity contribution in [2.45, 2.75) is 0 Å². The molecule has 9 heteroatoms. The molecule has 0 aliphatic carbocycles. The fraction of sp³-hybridized carbons (Fsp3) is 0.182. The van der Waals surface area contributed by atoms with Crippen molar-refractivity contribution in [3.63, 3.8) is 0 Å². The molecular weight excluding hydrogens is 404 g/mol. The number of ketones is 1. The van der Waals surface area contributed by atoms with E-state index in [1.165, 1.54) is 49.1 Å². The van der Waals surface area contributed by atoms with Crippen LogP contribution in [0.3, 0.4) is 0 Å². The Morgan fingerprint density at radius 3 is 2.10 bits per heavy atom. The van der Waals surface area contributed by atoms with E-state index in [1.54, 1.807) is 6.07 Å². The van der Waals surface area contributed by atoms with Crippen LogP contribution in [-0.4, -0.2) is 50.6 Å². The van der Waals surface area contributed by atoms with Gasteiger partial charge in [-0.2, -0.15) is 5.26 Å². The first-order valence-corrected chi connectivity index (χ1v) is 8.93. The Bertz CT molecular complexity index is 1250. The van der Waals surface area contributed by atoms with E-state index >= 15 is 0 Å². The summed E-state index contributed by atoms with van der Waals surface area (Å²) in [6, 6.07) is 9.34. The van der Waals surface area contributed by atoms with Crippen LogP contribution >= 0.6 is 0 Å². The molecule has 0 fully saturated rings. The zero-order valence-corrected chi connectivity index (χ0v) is 17.2. The van der Waals surface area contributed by atoms with Gasteiger partial charge in [-0.25, -0.2) is 9.59 Å². The number of methoxy groups -OCH3 is 4. The first-order valence-electron chi connectivity index (χ1n) is 8.93.